The molecule has 3 amide bonds. The first-order chi connectivity index (χ1) is 13.1. The number of hydrogen-bond donors (Lipinski definition) is 0. The Balaban J connectivity index is 1.60. The molecule has 0 N–H and O–H groups in total. The van der Waals surface area contributed by atoms with Crippen molar-refractivity contribution in [3.63, 3.8) is 0 Å². The van der Waals surface area contributed by atoms with Crippen molar-refractivity contribution in [3.05, 3.63) is 24.0 Å². The number of carbonyl (C=O) groups excluding carboxylic acids is 3. The van der Waals surface area contributed by atoms with E-state index in [1.165, 1.54) is 0 Å². The number of amides is 3. The number of rotatable bonds is 4. The normalized spacial score (nSPS) is 17.7. The lowest BCUT2D eigenvalue weighted by atomic mass is 10.2. The van der Waals surface area contributed by atoms with E-state index >= 15 is 0 Å². The van der Waals surface area contributed by atoms with Gasteiger partial charge in [0.05, 0.1) is 6.61 Å². The van der Waals surface area contributed by atoms with Crippen LogP contribution in [0.2, 0.25) is 0 Å². The van der Waals surface area contributed by atoms with Crippen molar-refractivity contribution in [2.24, 2.45) is 0 Å². The van der Waals surface area contributed by atoms with Gasteiger partial charge in [-0.25, -0.2) is 4.79 Å². The van der Waals surface area contributed by atoms with E-state index in [4.69, 9.17) is 4.74 Å². The zero-order valence-corrected chi connectivity index (χ0v) is 15.5. The van der Waals surface area contributed by atoms with Crippen LogP contribution in [0.4, 0.5) is 10.5 Å². The number of aromatic nitrogens is 1. The summed E-state index contributed by atoms with van der Waals surface area (Å²) in [4.78, 5) is 46.8. The predicted octanol–water partition coefficient (Wildman–Crippen LogP) is 0.274. The Morgan fingerprint density at radius 3 is 2.37 bits per heavy atom. The van der Waals surface area contributed by atoms with Crippen LogP contribution in [0.25, 0.3) is 0 Å². The van der Waals surface area contributed by atoms with Crippen LogP contribution in [-0.4, -0.2) is 97.1 Å². The Bertz CT molecular complexity index is 682. The van der Waals surface area contributed by atoms with E-state index in [1.54, 1.807) is 33.9 Å². The lowest BCUT2D eigenvalue weighted by Crippen LogP contribution is -2.49. The summed E-state index contributed by atoms with van der Waals surface area (Å²) in [6, 6.07) is 3.68. The molecule has 3 rings (SSSR count). The van der Waals surface area contributed by atoms with Crippen molar-refractivity contribution < 1.29 is 19.1 Å². The number of piperazine rings is 2. The zero-order valence-electron chi connectivity index (χ0n) is 15.5. The molecule has 1 aromatic heterocycles. The highest BCUT2D eigenvalue weighted by Crippen LogP contribution is 2.18. The smallest absolute Gasteiger partial charge is 0.409 e. The molecule has 0 saturated carbocycles. The molecule has 0 aromatic carbocycles. The van der Waals surface area contributed by atoms with Crippen molar-refractivity contribution in [2.45, 2.75) is 6.92 Å². The first-order valence-electron chi connectivity index (χ1n) is 9.23. The second kappa shape index (κ2) is 8.70. The average molecular weight is 375 g/mol. The van der Waals surface area contributed by atoms with E-state index in [0.29, 0.717) is 64.7 Å². The Hall–Kier alpha value is -2.84. The van der Waals surface area contributed by atoms with Crippen LogP contribution in [0, 0.1) is 0 Å². The van der Waals surface area contributed by atoms with E-state index in [1.807, 2.05) is 6.07 Å². The second-order valence-electron chi connectivity index (χ2n) is 6.51. The fourth-order valence-corrected chi connectivity index (χ4v) is 3.29. The maximum atomic E-state index is 12.7. The quantitative estimate of drug-likeness (QED) is 0.703. The SMILES string of the molecule is CCOC(=O)N1CCN(c2ccnc(C(=O)N3CCN(C=O)CC3)c2)CC1. The molecule has 2 aliphatic heterocycles. The molecule has 0 unspecified atom stereocenters. The Kier molecular flexibility index (Phi) is 6.10. The largest absolute Gasteiger partial charge is 0.450 e. The summed E-state index contributed by atoms with van der Waals surface area (Å²) in [7, 11) is 0. The first-order valence-corrected chi connectivity index (χ1v) is 9.23. The Morgan fingerprint density at radius 1 is 1.07 bits per heavy atom. The van der Waals surface area contributed by atoms with Crippen LogP contribution in [-0.2, 0) is 9.53 Å². The van der Waals surface area contributed by atoms with Gasteiger partial charge in [0.1, 0.15) is 5.69 Å². The number of anilines is 1. The molecule has 0 radical (unpaired) electrons. The van der Waals surface area contributed by atoms with Crippen LogP contribution in [0.1, 0.15) is 17.4 Å². The van der Waals surface area contributed by atoms with E-state index < -0.39 is 0 Å². The highest BCUT2D eigenvalue weighted by Gasteiger charge is 2.25. The summed E-state index contributed by atoms with van der Waals surface area (Å²) in [5, 5.41) is 0. The molecule has 2 saturated heterocycles. The molecule has 146 valence electrons. The molecule has 0 spiro atoms. The lowest BCUT2D eigenvalue weighted by Gasteiger charge is -2.35. The minimum absolute atomic E-state index is 0.118. The molecular formula is C18H25N5O4. The third kappa shape index (κ3) is 4.47. The van der Waals surface area contributed by atoms with Gasteiger partial charge in [0.2, 0.25) is 6.41 Å². The van der Waals surface area contributed by atoms with Crippen LogP contribution >= 0.6 is 0 Å². The maximum absolute atomic E-state index is 12.7. The summed E-state index contributed by atoms with van der Waals surface area (Å²) in [5.74, 6) is -0.118. The highest BCUT2D eigenvalue weighted by atomic mass is 16.6. The van der Waals surface area contributed by atoms with Crippen LogP contribution in [0.15, 0.2) is 18.3 Å². The van der Waals surface area contributed by atoms with Gasteiger partial charge in [0.25, 0.3) is 5.91 Å². The van der Waals surface area contributed by atoms with Gasteiger partial charge in [-0.3, -0.25) is 14.6 Å². The molecule has 9 nitrogen and oxygen atoms in total. The third-order valence-corrected chi connectivity index (χ3v) is 4.88. The van der Waals surface area contributed by atoms with E-state index in [0.717, 1.165) is 12.1 Å². The van der Waals surface area contributed by atoms with Gasteiger partial charge >= 0.3 is 6.09 Å². The molecular weight excluding hydrogens is 350 g/mol. The average Bonchev–Trinajstić information content (AvgIpc) is 2.73. The second-order valence-corrected chi connectivity index (χ2v) is 6.51. The minimum Gasteiger partial charge on any atom is -0.450 e. The Labute approximate surface area is 158 Å². The molecule has 0 bridgehead atoms. The van der Waals surface area contributed by atoms with Crippen molar-refractivity contribution in [2.75, 3.05) is 63.9 Å². The third-order valence-electron chi connectivity index (χ3n) is 4.88. The number of hydrogen-bond acceptors (Lipinski definition) is 6. The van der Waals surface area contributed by atoms with Crippen molar-refractivity contribution in [1.29, 1.82) is 0 Å². The standard InChI is InChI=1S/C18H25N5O4/c1-2-27-18(26)23-11-9-21(10-12-23)15-3-4-19-16(13-15)17(25)22-7-5-20(14-24)6-8-22/h3-4,13-14H,2,5-12H2,1H3. The molecule has 2 aliphatic rings. The van der Waals surface area contributed by atoms with Gasteiger partial charge in [0.15, 0.2) is 0 Å². The fraction of sp³-hybridized carbons (Fsp3) is 0.556. The van der Waals surface area contributed by atoms with Gasteiger partial charge < -0.3 is 24.3 Å². The van der Waals surface area contributed by atoms with Gasteiger partial charge in [-0.05, 0) is 19.1 Å². The van der Waals surface area contributed by atoms with Gasteiger partial charge in [-0.15, -0.1) is 0 Å². The number of carbonyl (C=O) groups is 3. The molecule has 9 heteroatoms. The van der Waals surface area contributed by atoms with Gasteiger partial charge in [0, 0.05) is 64.2 Å². The molecule has 1 aromatic rings. The topological polar surface area (TPSA) is 86.3 Å². The molecule has 3 heterocycles. The van der Waals surface area contributed by atoms with E-state index in [-0.39, 0.29) is 12.0 Å². The zero-order chi connectivity index (χ0) is 19.2. The van der Waals surface area contributed by atoms with E-state index in [2.05, 4.69) is 9.88 Å². The summed E-state index contributed by atoms with van der Waals surface area (Å²) in [5.41, 5.74) is 1.32. The van der Waals surface area contributed by atoms with Gasteiger partial charge in [-0.2, -0.15) is 0 Å². The predicted molar refractivity (Wildman–Crippen MR) is 98.6 cm³/mol. The lowest BCUT2D eigenvalue weighted by molar-refractivity contribution is -0.119. The van der Waals surface area contributed by atoms with Gasteiger partial charge in [-0.1, -0.05) is 0 Å². The molecule has 0 aliphatic carbocycles. The highest BCUT2D eigenvalue weighted by molar-refractivity contribution is 5.93. The first kappa shape index (κ1) is 18.9. The summed E-state index contributed by atoms with van der Waals surface area (Å²) in [6.07, 6.45) is 2.18. The fourth-order valence-electron chi connectivity index (χ4n) is 3.29. The Morgan fingerprint density at radius 2 is 1.74 bits per heavy atom. The summed E-state index contributed by atoms with van der Waals surface area (Å²) in [6.45, 7) is 6.80. The number of nitrogens with zero attached hydrogens (tertiary/aromatic N) is 5. The summed E-state index contributed by atoms with van der Waals surface area (Å²) >= 11 is 0. The maximum Gasteiger partial charge on any atom is 0.409 e. The van der Waals surface area contributed by atoms with Crippen molar-refractivity contribution >= 4 is 24.1 Å². The number of pyridine rings is 1. The van der Waals surface area contributed by atoms with Crippen LogP contribution in [0.3, 0.4) is 0 Å². The van der Waals surface area contributed by atoms with E-state index in [9.17, 15) is 14.4 Å². The minimum atomic E-state index is -0.280. The summed E-state index contributed by atoms with van der Waals surface area (Å²) < 4.78 is 5.04. The molecule has 2 fully saturated rings. The molecule has 0 atom stereocenters. The van der Waals surface area contributed by atoms with Crippen LogP contribution < -0.4 is 4.90 Å². The van der Waals surface area contributed by atoms with Crippen molar-refractivity contribution in [3.8, 4) is 0 Å². The van der Waals surface area contributed by atoms with Crippen LogP contribution in [0.5, 0.6) is 0 Å². The van der Waals surface area contributed by atoms with Crippen molar-refractivity contribution in [1.82, 2.24) is 19.7 Å². The monoisotopic (exact) mass is 375 g/mol. The molecule has 27 heavy (non-hydrogen) atoms. The number of ether oxygens (including phenoxy) is 1.